The maximum atomic E-state index is 12.4. The van der Waals surface area contributed by atoms with Gasteiger partial charge >= 0.3 is 0 Å². The summed E-state index contributed by atoms with van der Waals surface area (Å²) in [7, 11) is 0. The lowest BCUT2D eigenvalue weighted by Crippen LogP contribution is -2.34. The molecule has 2 aromatic rings. The molecule has 0 aliphatic carbocycles. The van der Waals surface area contributed by atoms with Crippen molar-refractivity contribution < 1.29 is 8.78 Å². The van der Waals surface area contributed by atoms with Gasteiger partial charge in [-0.2, -0.15) is 5.10 Å². The van der Waals surface area contributed by atoms with Gasteiger partial charge in [0.15, 0.2) is 5.82 Å². The molecule has 0 aromatic carbocycles. The van der Waals surface area contributed by atoms with Crippen LogP contribution in [0.3, 0.4) is 0 Å². The fourth-order valence-corrected chi connectivity index (χ4v) is 2.30. The second kappa shape index (κ2) is 4.61. The Morgan fingerprint density at radius 1 is 1.47 bits per heavy atom. The third-order valence-corrected chi connectivity index (χ3v) is 3.21. The summed E-state index contributed by atoms with van der Waals surface area (Å²) in [4.78, 5) is 9.29. The minimum atomic E-state index is -2.31. The number of hydrogen-bond donors (Lipinski definition) is 3. The van der Waals surface area contributed by atoms with Crippen LogP contribution in [0.1, 0.15) is 11.4 Å². The molecule has 1 aliphatic rings. The molecule has 0 bridgehead atoms. The number of H-pyrrole nitrogens is 2. The van der Waals surface area contributed by atoms with Gasteiger partial charge in [-0.05, 0) is 0 Å². The topological polar surface area (TPSA) is 86.6 Å². The maximum absolute atomic E-state index is 12.4. The molecule has 3 heterocycles. The zero-order chi connectivity index (χ0) is 13.4. The van der Waals surface area contributed by atoms with Gasteiger partial charge in [0.25, 0.3) is 6.43 Å². The van der Waals surface area contributed by atoms with E-state index < -0.39 is 6.43 Å². The molecule has 0 saturated heterocycles. The molecule has 2 aromatic heterocycles. The number of alkyl halides is 2. The van der Waals surface area contributed by atoms with Crippen LogP contribution in [0.25, 0.3) is 11.5 Å². The first-order valence-corrected chi connectivity index (χ1v) is 6.01. The lowest BCUT2D eigenvalue weighted by Gasteiger charge is -2.25. The second-order valence-corrected chi connectivity index (χ2v) is 4.59. The fourth-order valence-electron chi connectivity index (χ4n) is 2.30. The normalized spacial score (nSPS) is 15.9. The summed E-state index contributed by atoms with van der Waals surface area (Å²) in [5, 5.41) is 6.61. The fraction of sp³-hybridized carbons (Fsp3) is 0.455. The molecular weight excluding hydrogens is 254 g/mol. The van der Waals surface area contributed by atoms with E-state index >= 15 is 0 Å². The average molecular weight is 268 g/mol. The number of imidazole rings is 1. The summed E-state index contributed by atoms with van der Waals surface area (Å²) in [5.41, 5.74) is 8.69. The van der Waals surface area contributed by atoms with Gasteiger partial charge in [0, 0.05) is 19.5 Å². The third kappa shape index (κ3) is 2.30. The molecule has 0 atom stereocenters. The number of halogens is 2. The largest absolute Gasteiger partial charge is 0.396 e. The van der Waals surface area contributed by atoms with Gasteiger partial charge in [0.2, 0.25) is 0 Å². The summed E-state index contributed by atoms with van der Waals surface area (Å²) >= 11 is 0. The predicted molar refractivity (Wildman–Crippen MR) is 65.6 cm³/mol. The molecular formula is C11H14F2N6. The Hall–Kier alpha value is -1.96. The number of rotatable bonds is 3. The number of anilines is 1. The summed E-state index contributed by atoms with van der Waals surface area (Å²) in [6.45, 7) is 0.848. The number of aromatic amines is 2. The van der Waals surface area contributed by atoms with E-state index in [2.05, 4.69) is 20.2 Å². The van der Waals surface area contributed by atoms with Crippen molar-refractivity contribution in [3.8, 4) is 11.5 Å². The Bertz CT molecular complexity index is 576. The van der Waals surface area contributed by atoms with Crippen LogP contribution in [-0.4, -0.2) is 44.6 Å². The van der Waals surface area contributed by atoms with Crippen LogP contribution in [0.5, 0.6) is 0 Å². The van der Waals surface area contributed by atoms with E-state index in [1.54, 1.807) is 4.90 Å². The second-order valence-electron chi connectivity index (χ2n) is 4.59. The summed E-state index contributed by atoms with van der Waals surface area (Å²) < 4.78 is 24.8. The highest BCUT2D eigenvalue weighted by molar-refractivity contribution is 5.66. The van der Waals surface area contributed by atoms with Crippen LogP contribution in [-0.2, 0) is 13.0 Å². The van der Waals surface area contributed by atoms with Crippen molar-refractivity contribution in [3.63, 3.8) is 0 Å². The lowest BCUT2D eigenvalue weighted by molar-refractivity contribution is 0.0812. The minimum absolute atomic E-state index is 0.208. The van der Waals surface area contributed by atoms with E-state index in [1.165, 1.54) is 6.20 Å². The number of nitrogens with zero attached hydrogens (tertiary/aromatic N) is 3. The number of nitrogens with one attached hydrogen (secondary N) is 2. The van der Waals surface area contributed by atoms with Crippen molar-refractivity contribution in [2.24, 2.45) is 0 Å². The van der Waals surface area contributed by atoms with Crippen molar-refractivity contribution >= 4 is 5.69 Å². The highest BCUT2D eigenvalue weighted by atomic mass is 19.3. The third-order valence-electron chi connectivity index (χ3n) is 3.21. The molecule has 0 spiro atoms. The number of nitrogen functional groups attached to an aromatic ring is 1. The number of fused-ring (bicyclic) bond motifs is 1. The molecule has 8 heteroatoms. The summed E-state index contributed by atoms with van der Waals surface area (Å²) in [6, 6.07) is 0. The Balaban J connectivity index is 1.83. The Kier molecular flexibility index (Phi) is 2.94. The first kappa shape index (κ1) is 12.1. The van der Waals surface area contributed by atoms with Crippen LogP contribution >= 0.6 is 0 Å². The highest BCUT2D eigenvalue weighted by Crippen LogP contribution is 2.24. The van der Waals surface area contributed by atoms with Crippen LogP contribution < -0.4 is 5.73 Å². The average Bonchev–Trinajstić information content (AvgIpc) is 2.93. The molecule has 19 heavy (non-hydrogen) atoms. The van der Waals surface area contributed by atoms with Gasteiger partial charge < -0.3 is 10.7 Å². The van der Waals surface area contributed by atoms with Crippen molar-refractivity contribution in [3.05, 3.63) is 17.6 Å². The molecule has 0 radical (unpaired) electrons. The van der Waals surface area contributed by atoms with Gasteiger partial charge in [-0.15, -0.1) is 0 Å². The number of hydrogen-bond acceptors (Lipinski definition) is 4. The molecule has 6 nitrogen and oxygen atoms in total. The zero-order valence-electron chi connectivity index (χ0n) is 10.2. The van der Waals surface area contributed by atoms with E-state index in [0.717, 1.165) is 11.4 Å². The summed E-state index contributed by atoms with van der Waals surface area (Å²) in [6.07, 6.45) is -0.140. The van der Waals surface area contributed by atoms with E-state index in [9.17, 15) is 8.78 Å². The molecule has 1 aliphatic heterocycles. The van der Waals surface area contributed by atoms with E-state index in [0.29, 0.717) is 36.7 Å². The van der Waals surface area contributed by atoms with Crippen molar-refractivity contribution in [1.82, 2.24) is 25.1 Å². The monoisotopic (exact) mass is 268 g/mol. The Labute approximate surface area is 108 Å². The zero-order valence-corrected chi connectivity index (χ0v) is 10.2. The summed E-state index contributed by atoms with van der Waals surface area (Å²) in [5.74, 6) is 0.610. The van der Waals surface area contributed by atoms with E-state index in [4.69, 9.17) is 5.73 Å². The SMILES string of the molecule is Nc1cn[nH]c1-c1nc2c([nH]1)CN(CC(F)F)CC2. The quantitative estimate of drug-likeness (QED) is 0.775. The number of aromatic nitrogens is 4. The molecule has 102 valence electrons. The minimum Gasteiger partial charge on any atom is -0.396 e. The molecule has 0 saturated carbocycles. The van der Waals surface area contributed by atoms with Crippen molar-refractivity contribution in [2.75, 3.05) is 18.8 Å². The lowest BCUT2D eigenvalue weighted by atomic mass is 10.1. The highest BCUT2D eigenvalue weighted by Gasteiger charge is 2.23. The molecule has 0 amide bonds. The first-order chi connectivity index (χ1) is 9.13. The van der Waals surface area contributed by atoms with Crippen LogP contribution in [0.15, 0.2) is 6.20 Å². The van der Waals surface area contributed by atoms with Gasteiger partial charge in [-0.3, -0.25) is 10.00 Å². The van der Waals surface area contributed by atoms with Gasteiger partial charge in [-0.1, -0.05) is 0 Å². The molecule has 3 rings (SSSR count). The van der Waals surface area contributed by atoms with Gasteiger partial charge in [0.1, 0.15) is 5.69 Å². The Morgan fingerprint density at radius 3 is 3.00 bits per heavy atom. The molecule has 0 unspecified atom stereocenters. The maximum Gasteiger partial charge on any atom is 0.251 e. The van der Waals surface area contributed by atoms with E-state index in [-0.39, 0.29) is 6.54 Å². The van der Waals surface area contributed by atoms with Crippen molar-refractivity contribution in [1.29, 1.82) is 0 Å². The molecule has 0 fully saturated rings. The first-order valence-electron chi connectivity index (χ1n) is 6.01. The van der Waals surface area contributed by atoms with Crippen molar-refractivity contribution in [2.45, 2.75) is 19.4 Å². The Morgan fingerprint density at radius 2 is 2.32 bits per heavy atom. The van der Waals surface area contributed by atoms with Crippen LogP contribution in [0.4, 0.5) is 14.5 Å². The molecule has 4 N–H and O–H groups in total. The standard InChI is InChI=1S/C11H14F2N6/c12-9(13)5-19-2-1-7-8(4-19)17-11(16-7)10-6(14)3-15-18-10/h3,9H,1-2,4-5,14H2,(H,15,18)(H,16,17). The van der Waals surface area contributed by atoms with Crippen LogP contribution in [0, 0.1) is 0 Å². The number of nitrogens with two attached hydrogens (primary N) is 1. The van der Waals surface area contributed by atoms with Gasteiger partial charge in [0.05, 0.1) is 29.8 Å². The van der Waals surface area contributed by atoms with Crippen LogP contribution in [0.2, 0.25) is 0 Å². The smallest absolute Gasteiger partial charge is 0.251 e. The predicted octanol–water partition coefficient (Wildman–Crippen LogP) is 1.01. The van der Waals surface area contributed by atoms with Gasteiger partial charge in [-0.25, -0.2) is 13.8 Å². The van der Waals surface area contributed by atoms with E-state index in [1.807, 2.05) is 0 Å².